The van der Waals surface area contributed by atoms with Crippen LogP contribution in [0, 0.1) is 5.92 Å². The van der Waals surface area contributed by atoms with Gasteiger partial charge in [-0.1, -0.05) is 0 Å². The lowest BCUT2D eigenvalue weighted by molar-refractivity contribution is -0.00778. The van der Waals surface area contributed by atoms with Crippen LogP contribution in [-0.4, -0.2) is 55.9 Å². The van der Waals surface area contributed by atoms with Gasteiger partial charge in [0.05, 0.1) is 12.8 Å². The molecule has 1 fully saturated rings. The van der Waals surface area contributed by atoms with E-state index in [0.29, 0.717) is 35.8 Å². The van der Waals surface area contributed by atoms with Crippen LogP contribution in [0.5, 0.6) is 5.75 Å². The number of nitrogens with zero attached hydrogens (tertiary/aromatic N) is 5. The average molecular weight is 384 g/mol. The van der Waals surface area contributed by atoms with E-state index in [1.165, 1.54) is 0 Å². The summed E-state index contributed by atoms with van der Waals surface area (Å²) < 4.78 is 13.4. The van der Waals surface area contributed by atoms with Crippen molar-refractivity contribution in [2.45, 2.75) is 26.4 Å². The normalized spacial score (nSPS) is 15.6. The van der Waals surface area contributed by atoms with Crippen molar-refractivity contribution in [3.8, 4) is 5.75 Å². The van der Waals surface area contributed by atoms with Crippen LogP contribution in [-0.2, 0) is 4.74 Å². The van der Waals surface area contributed by atoms with E-state index in [2.05, 4.69) is 31.1 Å². The van der Waals surface area contributed by atoms with Gasteiger partial charge in [-0.3, -0.25) is 4.40 Å². The van der Waals surface area contributed by atoms with Crippen molar-refractivity contribution in [2.24, 2.45) is 5.92 Å². The highest BCUT2D eigenvalue weighted by molar-refractivity contribution is 9.10. The smallest absolute Gasteiger partial charge is 0.410 e. The Morgan fingerprint density at radius 2 is 2.17 bits per heavy atom. The van der Waals surface area contributed by atoms with Gasteiger partial charge in [-0.15, -0.1) is 10.2 Å². The zero-order chi connectivity index (χ0) is 16.6. The van der Waals surface area contributed by atoms with Crippen LogP contribution >= 0.6 is 15.9 Å². The van der Waals surface area contributed by atoms with Crippen LogP contribution in [0.2, 0.25) is 0 Å². The van der Waals surface area contributed by atoms with Crippen molar-refractivity contribution in [3.63, 3.8) is 0 Å². The lowest BCUT2D eigenvalue weighted by atomic mass is 10.0. The fraction of sp³-hybridized carbons (Fsp3) is 0.571. The number of halogens is 1. The summed E-state index contributed by atoms with van der Waals surface area (Å²) in [5.41, 5.74) is 0.135. The molecule has 0 N–H and O–H groups in total. The van der Waals surface area contributed by atoms with Crippen molar-refractivity contribution >= 4 is 27.7 Å². The van der Waals surface area contributed by atoms with E-state index < -0.39 is 5.60 Å². The monoisotopic (exact) mass is 383 g/mol. The highest BCUT2D eigenvalue weighted by Gasteiger charge is 2.34. The number of hydrogen-bond acceptors (Lipinski definition) is 6. The van der Waals surface area contributed by atoms with Gasteiger partial charge in [0, 0.05) is 19.0 Å². The van der Waals surface area contributed by atoms with Crippen molar-refractivity contribution in [1.82, 2.24) is 24.5 Å². The number of ether oxygens (including phenoxy) is 2. The molecule has 0 aromatic carbocycles. The predicted molar refractivity (Wildman–Crippen MR) is 85.3 cm³/mol. The molecule has 1 amide bonds. The number of likely N-dealkylation sites (tertiary alicyclic amines) is 1. The summed E-state index contributed by atoms with van der Waals surface area (Å²) in [5.74, 6) is 0.843. The largest absolute Gasteiger partial charge is 0.488 e. The second kappa shape index (κ2) is 5.95. The maximum absolute atomic E-state index is 11.9. The second-order valence-corrected chi connectivity index (χ2v) is 7.19. The Bertz CT molecular complexity index is 721. The summed E-state index contributed by atoms with van der Waals surface area (Å²) in [6.07, 6.45) is 2.89. The summed E-state index contributed by atoms with van der Waals surface area (Å²) >= 11 is 3.32. The molecule has 1 aliphatic rings. The Hall–Kier alpha value is -1.90. The first kappa shape index (κ1) is 16.0. The van der Waals surface area contributed by atoms with E-state index >= 15 is 0 Å². The third kappa shape index (κ3) is 3.54. The number of carbonyl (C=O) groups excluding carboxylic acids is 1. The summed E-state index contributed by atoms with van der Waals surface area (Å²) in [6.45, 7) is 7.32. The maximum Gasteiger partial charge on any atom is 0.410 e. The lowest BCUT2D eigenvalue weighted by Crippen LogP contribution is -2.53. The van der Waals surface area contributed by atoms with Gasteiger partial charge in [-0.05, 0) is 36.7 Å². The first-order chi connectivity index (χ1) is 10.8. The molecule has 9 heteroatoms. The molecule has 0 spiro atoms. The minimum Gasteiger partial charge on any atom is -0.488 e. The molecule has 1 saturated heterocycles. The SMILES string of the molecule is CC(C)(C)OC(=O)N1CC(COc2cnc(Br)n3cnnc23)C1. The Morgan fingerprint density at radius 3 is 2.87 bits per heavy atom. The summed E-state index contributed by atoms with van der Waals surface area (Å²) in [7, 11) is 0. The van der Waals surface area contributed by atoms with Gasteiger partial charge in [0.25, 0.3) is 0 Å². The van der Waals surface area contributed by atoms with E-state index in [9.17, 15) is 4.79 Å². The van der Waals surface area contributed by atoms with Gasteiger partial charge in [0.15, 0.2) is 10.5 Å². The molecule has 0 aliphatic carbocycles. The van der Waals surface area contributed by atoms with Crippen molar-refractivity contribution in [1.29, 1.82) is 0 Å². The standard InChI is InChI=1S/C14H18BrN5O3/c1-14(2,3)23-13(21)19-5-9(6-19)7-22-10-4-16-12(15)20-8-17-18-11(10)20/h4,8-9H,5-7H2,1-3H3. The van der Waals surface area contributed by atoms with Gasteiger partial charge in [0.2, 0.25) is 5.65 Å². The fourth-order valence-electron chi connectivity index (χ4n) is 2.23. The fourth-order valence-corrected chi connectivity index (χ4v) is 2.59. The Balaban J connectivity index is 1.52. The number of carbonyl (C=O) groups is 1. The van der Waals surface area contributed by atoms with E-state index in [1.54, 1.807) is 21.8 Å². The van der Waals surface area contributed by atoms with Crippen LogP contribution in [0.15, 0.2) is 17.3 Å². The topological polar surface area (TPSA) is 81.8 Å². The summed E-state index contributed by atoms with van der Waals surface area (Å²) in [4.78, 5) is 17.7. The van der Waals surface area contributed by atoms with Crippen molar-refractivity contribution < 1.29 is 14.3 Å². The zero-order valence-electron chi connectivity index (χ0n) is 13.2. The molecule has 3 rings (SSSR count). The summed E-state index contributed by atoms with van der Waals surface area (Å²) in [6, 6.07) is 0. The lowest BCUT2D eigenvalue weighted by Gasteiger charge is -2.39. The minimum atomic E-state index is -0.471. The molecule has 0 bridgehead atoms. The molecule has 0 saturated carbocycles. The molecule has 8 nitrogen and oxygen atoms in total. The number of hydrogen-bond donors (Lipinski definition) is 0. The van der Waals surface area contributed by atoms with E-state index in [4.69, 9.17) is 9.47 Å². The molecule has 124 valence electrons. The van der Waals surface area contributed by atoms with Crippen molar-refractivity contribution in [2.75, 3.05) is 19.7 Å². The molecule has 1 aliphatic heterocycles. The molecular formula is C14H18BrN5O3. The number of fused-ring (bicyclic) bond motifs is 1. The highest BCUT2D eigenvalue weighted by Crippen LogP contribution is 2.23. The Kier molecular flexibility index (Phi) is 4.13. The van der Waals surface area contributed by atoms with Gasteiger partial charge in [-0.2, -0.15) is 0 Å². The molecule has 2 aromatic heterocycles. The third-order valence-electron chi connectivity index (χ3n) is 3.34. The van der Waals surface area contributed by atoms with E-state index in [-0.39, 0.29) is 12.0 Å². The zero-order valence-corrected chi connectivity index (χ0v) is 14.8. The van der Waals surface area contributed by atoms with Gasteiger partial charge < -0.3 is 14.4 Å². The quantitative estimate of drug-likeness (QED) is 0.755. The Morgan fingerprint density at radius 1 is 1.43 bits per heavy atom. The van der Waals surface area contributed by atoms with Crippen LogP contribution < -0.4 is 4.74 Å². The van der Waals surface area contributed by atoms with Crippen LogP contribution in [0.25, 0.3) is 5.65 Å². The summed E-state index contributed by atoms with van der Waals surface area (Å²) in [5, 5.41) is 7.87. The first-order valence-corrected chi connectivity index (χ1v) is 8.08. The number of rotatable bonds is 3. The molecule has 2 aromatic rings. The molecule has 0 atom stereocenters. The molecule has 3 heterocycles. The minimum absolute atomic E-state index is 0.272. The van der Waals surface area contributed by atoms with E-state index in [0.717, 1.165) is 0 Å². The van der Waals surface area contributed by atoms with Crippen LogP contribution in [0.4, 0.5) is 4.79 Å². The van der Waals surface area contributed by atoms with Gasteiger partial charge in [0.1, 0.15) is 11.9 Å². The average Bonchev–Trinajstić information content (AvgIpc) is 2.87. The van der Waals surface area contributed by atoms with Crippen molar-refractivity contribution in [3.05, 3.63) is 17.3 Å². The Labute approximate surface area is 141 Å². The van der Waals surface area contributed by atoms with Crippen LogP contribution in [0.3, 0.4) is 0 Å². The van der Waals surface area contributed by atoms with Gasteiger partial charge in [-0.25, -0.2) is 9.78 Å². The third-order valence-corrected chi connectivity index (χ3v) is 3.93. The molecular weight excluding hydrogens is 366 g/mol. The number of amides is 1. The van der Waals surface area contributed by atoms with E-state index in [1.807, 2.05) is 20.8 Å². The maximum atomic E-state index is 11.9. The highest BCUT2D eigenvalue weighted by atomic mass is 79.9. The molecule has 23 heavy (non-hydrogen) atoms. The first-order valence-electron chi connectivity index (χ1n) is 7.28. The predicted octanol–water partition coefficient (Wildman–Crippen LogP) is 2.13. The molecule has 0 unspecified atom stereocenters. The van der Waals surface area contributed by atoms with Crippen LogP contribution in [0.1, 0.15) is 20.8 Å². The second-order valence-electron chi connectivity index (χ2n) is 6.48. The number of aromatic nitrogens is 4. The molecule has 0 radical (unpaired) electrons. The van der Waals surface area contributed by atoms with Gasteiger partial charge >= 0.3 is 6.09 Å².